The highest BCUT2D eigenvalue weighted by Gasteiger charge is 2.66. The highest BCUT2D eigenvalue weighted by atomic mass is 19.4. The molecule has 1 aromatic carbocycles. The predicted octanol–water partition coefficient (Wildman–Crippen LogP) is 3.24. The molecule has 1 aliphatic heterocycles. The molecule has 2 atom stereocenters. The lowest BCUT2D eigenvalue weighted by atomic mass is 9.95. The van der Waals surface area contributed by atoms with E-state index in [0.29, 0.717) is 12.0 Å². The quantitative estimate of drug-likeness (QED) is 0.766. The first kappa shape index (κ1) is 12.5. The lowest BCUT2D eigenvalue weighted by Gasteiger charge is -2.40. The normalized spacial score (nSPS) is 29.8. The number of alkyl halides is 3. The van der Waals surface area contributed by atoms with E-state index in [4.69, 9.17) is 0 Å². The third-order valence-corrected chi connectivity index (χ3v) is 4.34. The molecule has 0 aromatic heterocycles. The van der Waals surface area contributed by atoms with E-state index in [1.165, 1.54) is 0 Å². The molecule has 2 fully saturated rings. The summed E-state index contributed by atoms with van der Waals surface area (Å²) >= 11 is 0. The molecule has 2 bridgehead atoms. The van der Waals surface area contributed by atoms with Crippen LogP contribution in [0.3, 0.4) is 0 Å². The average Bonchev–Trinajstić information content (AvgIpc) is 2.97. The Hall–Kier alpha value is -1.52. The summed E-state index contributed by atoms with van der Waals surface area (Å²) in [5.41, 5.74) is -1.59. The lowest BCUT2D eigenvalue weighted by Crippen LogP contribution is -2.57. The second kappa shape index (κ2) is 3.99. The van der Waals surface area contributed by atoms with Crippen molar-refractivity contribution in [1.82, 2.24) is 4.90 Å². The Morgan fingerprint density at radius 1 is 1.26 bits per heavy atom. The molecule has 1 saturated carbocycles. The van der Waals surface area contributed by atoms with Crippen molar-refractivity contribution in [2.75, 3.05) is 6.54 Å². The summed E-state index contributed by atoms with van der Waals surface area (Å²) in [7, 11) is 0. The van der Waals surface area contributed by atoms with Gasteiger partial charge in [-0.15, -0.1) is 0 Å². The van der Waals surface area contributed by atoms with Crippen LogP contribution in [0.2, 0.25) is 0 Å². The molecule has 1 saturated heterocycles. The first-order valence-electron chi connectivity index (χ1n) is 6.38. The summed E-state index contributed by atoms with van der Waals surface area (Å²) < 4.78 is 40.1. The fraction of sp³-hybridized carbons (Fsp3) is 0.500. The molecule has 5 heteroatoms. The van der Waals surface area contributed by atoms with E-state index in [1.54, 1.807) is 30.3 Å². The predicted molar refractivity (Wildman–Crippen MR) is 63.6 cm³/mol. The third-order valence-electron chi connectivity index (χ3n) is 4.34. The van der Waals surface area contributed by atoms with Gasteiger partial charge in [-0.2, -0.15) is 13.2 Å². The van der Waals surface area contributed by atoms with Crippen LogP contribution in [-0.2, 0) is 0 Å². The Balaban J connectivity index is 1.95. The minimum Gasteiger partial charge on any atom is -0.324 e. The first-order chi connectivity index (χ1) is 8.94. The lowest BCUT2D eigenvalue weighted by molar-refractivity contribution is -0.215. The van der Waals surface area contributed by atoms with Crippen LogP contribution in [-0.4, -0.2) is 29.1 Å². The topological polar surface area (TPSA) is 20.3 Å². The van der Waals surface area contributed by atoms with Crippen LogP contribution in [0.25, 0.3) is 0 Å². The van der Waals surface area contributed by atoms with Crippen LogP contribution in [0.15, 0.2) is 30.3 Å². The highest BCUT2D eigenvalue weighted by Crippen LogP contribution is 2.54. The fourth-order valence-electron chi connectivity index (χ4n) is 3.38. The number of hydrogen-bond acceptors (Lipinski definition) is 1. The van der Waals surface area contributed by atoms with Crippen LogP contribution >= 0.6 is 0 Å². The van der Waals surface area contributed by atoms with Crippen LogP contribution in [0, 0.1) is 5.92 Å². The number of carbonyl (C=O) groups excluding carboxylic acids is 1. The van der Waals surface area contributed by atoms with Crippen molar-refractivity contribution >= 4 is 5.91 Å². The number of amides is 1. The molecule has 1 amide bonds. The van der Waals surface area contributed by atoms with Gasteiger partial charge in [-0.05, 0) is 37.3 Å². The number of nitrogens with zero attached hydrogens (tertiary/aromatic N) is 1. The number of hydrogen-bond donors (Lipinski definition) is 0. The van der Waals surface area contributed by atoms with Crippen LogP contribution in [0.1, 0.15) is 29.6 Å². The van der Waals surface area contributed by atoms with Gasteiger partial charge in [0.2, 0.25) is 0 Å². The Labute approximate surface area is 109 Å². The minimum absolute atomic E-state index is 0.00529. The van der Waals surface area contributed by atoms with Crippen molar-refractivity contribution in [2.24, 2.45) is 5.92 Å². The zero-order valence-electron chi connectivity index (χ0n) is 10.3. The molecule has 0 N–H and O–H groups in total. The smallest absolute Gasteiger partial charge is 0.324 e. The van der Waals surface area contributed by atoms with Gasteiger partial charge in [0.1, 0.15) is 5.54 Å². The number of fused-ring (bicyclic) bond motifs is 2. The average molecular weight is 269 g/mol. The second-order valence-corrected chi connectivity index (χ2v) is 5.42. The number of likely N-dealkylation sites (tertiary alicyclic amines) is 1. The minimum atomic E-state index is -4.34. The molecule has 1 aliphatic carbocycles. The Kier molecular flexibility index (Phi) is 2.62. The van der Waals surface area contributed by atoms with Gasteiger partial charge in [0.25, 0.3) is 5.91 Å². The molecule has 0 radical (unpaired) electrons. The zero-order valence-corrected chi connectivity index (χ0v) is 10.3. The molecular weight excluding hydrogens is 255 g/mol. The third kappa shape index (κ3) is 1.75. The molecule has 1 heterocycles. The van der Waals surface area contributed by atoms with E-state index in [1.807, 2.05) is 0 Å². The van der Waals surface area contributed by atoms with E-state index in [9.17, 15) is 18.0 Å². The molecule has 2 unspecified atom stereocenters. The van der Waals surface area contributed by atoms with Crippen molar-refractivity contribution in [3.63, 3.8) is 0 Å². The van der Waals surface area contributed by atoms with Crippen LogP contribution in [0.4, 0.5) is 13.2 Å². The summed E-state index contributed by atoms with van der Waals surface area (Å²) in [6, 6.07) is 8.22. The SMILES string of the molecule is O=C(c1ccccc1)N1CC2CCC1(C(F)(F)F)C2. The molecule has 0 spiro atoms. The molecular formula is C14H14F3NO. The van der Waals surface area contributed by atoms with Gasteiger partial charge in [0.15, 0.2) is 0 Å². The summed E-state index contributed by atoms with van der Waals surface area (Å²) in [4.78, 5) is 13.4. The number of piperidine rings is 1. The summed E-state index contributed by atoms with van der Waals surface area (Å²) in [6.45, 7) is 0.229. The fourth-order valence-corrected chi connectivity index (χ4v) is 3.38. The van der Waals surface area contributed by atoms with E-state index < -0.39 is 17.6 Å². The summed E-state index contributed by atoms with van der Waals surface area (Å²) in [6.07, 6.45) is -3.67. The Morgan fingerprint density at radius 2 is 1.95 bits per heavy atom. The van der Waals surface area contributed by atoms with Gasteiger partial charge in [-0.25, -0.2) is 0 Å². The van der Waals surface area contributed by atoms with Crippen LogP contribution < -0.4 is 0 Å². The largest absolute Gasteiger partial charge is 0.411 e. The van der Waals surface area contributed by atoms with Crippen LogP contribution in [0.5, 0.6) is 0 Å². The molecule has 1 aromatic rings. The van der Waals surface area contributed by atoms with Gasteiger partial charge < -0.3 is 4.90 Å². The number of rotatable bonds is 1. The number of halogens is 3. The van der Waals surface area contributed by atoms with Gasteiger partial charge in [-0.3, -0.25) is 4.79 Å². The monoisotopic (exact) mass is 269 g/mol. The van der Waals surface area contributed by atoms with E-state index in [2.05, 4.69) is 0 Å². The highest BCUT2D eigenvalue weighted by molar-refractivity contribution is 5.95. The van der Waals surface area contributed by atoms with Crippen molar-refractivity contribution in [3.05, 3.63) is 35.9 Å². The summed E-state index contributed by atoms with van der Waals surface area (Å²) in [5, 5.41) is 0. The van der Waals surface area contributed by atoms with Gasteiger partial charge >= 0.3 is 6.18 Å². The maximum Gasteiger partial charge on any atom is 0.411 e. The van der Waals surface area contributed by atoms with Crippen molar-refractivity contribution in [2.45, 2.75) is 31.0 Å². The Morgan fingerprint density at radius 3 is 2.53 bits per heavy atom. The molecule has 2 aliphatic rings. The van der Waals surface area contributed by atoms with Gasteiger partial charge in [0, 0.05) is 12.1 Å². The summed E-state index contributed by atoms with van der Waals surface area (Å²) in [5.74, 6) is -0.505. The van der Waals surface area contributed by atoms with E-state index in [0.717, 1.165) is 4.90 Å². The standard InChI is InChI=1S/C14H14F3NO/c15-14(16,17)13-7-6-10(8-13)9-18(13)12(19)11-4-2-1-3-5-11/h1-5,10H,6-9H2. The molecule has 19 heavy (non-hydrogen) atoms. The van der Waals surface area contributed by atoms with Gasteiger partial charge in [-0.1, -0.05) is 18.2 Å². The van der Waals surface area contributed by atoms with Crippen molar-refractivity contribution in [3.8, 4) is 0 Å². The second-order valence-electron chi connectivity index (χ2n) is 5.42. The molecule has 102 valence electrons. The zero-order chi connectivity index (χ0) is 13.7. The van der Waals surface area contributed by atoms with E-state index in [-0.39, 0.29) is 25.3 Å². The van der Waals surface area contributed by atoms with Crippen molar-refractivity contribution < 1.29 is 18.0 Å². The number of benzene rings is 1. The molecule has 3 rings (SSSR count). The van der Waals surface area contributed by atoms with E-state index >= 15 is 0 Å². The Bertz CT molecular complexity index is 499. The number of carbonyl (C=O) groups is 1. The maximum absolute atomic E-state index is 13.4. The van der Waals surface area contributed by atoms with Crippen molar-refractivity contribution in [1.29, 1.82) is 0 Å². The van der Waals surface area contributed by atoms with Gasteiger partial charge in [0.05, 0.1) is 0 Å². The molecule has 2 nitrogen and oxygen atoms in total. The first-order valence-corrected chi connectivity index (χ1v) is 6.38. The maximum atomic E-state index is 13.4.